The van der Waals surface area contributed by atoms with Crippen molar-refractivity contribution in [1.82, 2.24) is 0 Å². The molecule has 0 spiro atoms. The van der Waals surface area contributed by atoms with E-state index < -0.39 is 16.8 Å². The third kappa shape index (κ3) is 3.78. The highest BCUT2D eigenvalue weighted by Gasteiger charge is 2.67. The first-order valence-corrected chi connectivity index (χ1v) is 13.7. The number of aryl methyl sites for hydroxylation is 1. The third-order valence-corrected chi connectivity index (χ3v) is 9.41. The molecule has 2 aromatic carbocycles. The van der Waals surface area contributed by atoms with E-state index in [-0.39, 0.29) is 71.5 Å². The first kappa shape index (κ1) is 25.4. The molecule has 4 fully saturated rings. The highest BCUT2D eigenvalue weighted by molar-refractivity contribution is 6.23. The molecule has 2 aromatic rings. The molecule has 0 aromatic heterocycles. The molecule has 8 rings (SSSR count). The van der Waals surface area contributed by atoms with E-state index in [2.05, 4.69) is 12.2 Å². The van der Waals surface area contributed by atoms with Gasteiger partial charge < -0.3 is 14.4 Å². The van der Waals surface area contributed by atoms with E-state index in [0.29, 0.717) is 28.8 Å². The number of ether oxygens (including phenoxy) is 2. The topological polar surface area (TPSA) is 136 Å². The quantitative estimate of drug-likeness (QED) is 0.132. The number of carbonyl (C=O) groups excluding carboxylic acids is 4. The van der Waals surface area contributed by atoms with Crippen LogP contribution in [0.15, 0.2) is 48.6 Å². The Morgan fingerprint density at radius 2 is 1.63 bits per heavy atom. The van der Waals surface area contributed by atoms with Crippen molar-refractivity contribution >= 4 is 40.8 Å². The van der Waals surface area contributed by atoms with Crippen molar-refractivity contribution in [2.45, 2.75) is 19.8 Å². The van der Waals surface area contributed by atoms with E-state index in [9.17, 15) is 29.3 Å². The lowest BCUT2D eigenvalue weighted by Crippen LogP contribution is -2.40. The Labute approximate surface area is 234 Å². The van der Waals surface area contributed by atoms with Crippen molar-refractivity contribution in [3.63, 3.8) is 0 Å². The van der Waals surface area contributed by atoms with Gasteiger partial charge in [-0.1, -0.05) is 12.2 Å². The van der Waals surface area contributed by atoms with Gasteiger partial charge in [-0.2, -0.15) is 0 Å². The van der Waals surface area contributed by atoms with E-state index >= 15 is 0 Å². The van der Waals surface area contributed by atoms with Crippen molar-refractivity contribution in [3.8, 4) is 11.5 Å². The lowest BCUT2D eigenvalue weighted by atomic mass is 9.63. The van der Waals surface area contributed by atoms with Crippen molar-refractivity contribution in [2.75, 3.05) is 23.5 Å². The summed E-state index contributed by atoms with van der Waals surface area (Å²) in [5.74, 6) is -0.881. The summed E-state index contributed by atoms with van der Waals surface area (Å²) in [7, 11) is 1.35. The van der Waals surface area contributed by atoms with Gasteiger partial charge in [-0.05, 0) is 66.8 Å². The minimum absolute atomic E-state index is 0.0286. The minimum Gasteiger partial charge on any atom is -0.494 e. The van der Waals surface area contributed by atoms with Crippen molar-refractivity contribution in [2.24, 2.45) is 41.4 Å². The van der Waals surface area contributed by atoms with Gasteiger partial charge in [0.1, 0.15) is 11.5 Å². The molecule has 2 saturated heterocycles. The van der Waals surface area contributed by atoms with Gasteiger partial charge in [0.05, 0.1) is 47.2 Å². The lowest BCUT2D eigenvalue weighted by molar-refractivity contribution is -0.384. The summed E-state index contributed by atoms with van der Waals surface area (Å²) in [5, 5.41) is 11.1. The molecule has 2 bridgehead atoms. The van der Waals surface area contributed by atoms with Crippen LogP contribution in [-0.4, -0.2) is 42.3 Å². The van der Waals surface area contributed by atoms with Gasteiger partial charge in [-0.25, -0.2) is 4.90 Å². The fraction of sp³-hybridized carbons (Fsp3) is 0.400. The number of nitrogens with zero attached hydrogens (tertiary/aromatic N) is 3. The highest BCUT2D eigenvalue weighted by Crippen LogP contribution is 2.65. The first-order chi connectivity index (χ1) is 19.7. The van der Waals surface area contributed by atoms with Gasteiger partial charge in [-0.3, -0.25) is 29.3 Å². The summed E-state index contributed by atoms with van der Waals surface area (Å²) in [6.45, 7) is 1.79. The standard InChI is InChI=1S/C30H27N3O8/c1-14-9-17(4-8-22(14)32-28(35)26-18-5-6-19(21-12-20(18)21)27(26)29(32)36)41-30(37)15-10-25(34)31(13-15)23-7-3-16(33(38)39)11-24(23)40-2/h3-9,11,15,18-21,26-27H,10,12-13H2,1-2H3/t15-,18+,19+,20+,21+,26-,27-/m1/s1. The summed E-state index contributed by atoms with van der Waals surface area (Å²) >= 11 is 0. The van der Waals surface area contributed by atoms with Gasteiger partial charge in [-0.15, -0.1) is 0 Å². The molecule has 2 aliphatic heterocycles. The first-order valence-electron chi connectivity index (χ1n) is 13.7. The van der Waals surface area contributed by atoms with Gasteiger partial charge in [0.25, 0.3) is 5.69 Å². The second kappa shape index (κ2) is 8.98. The van der Waals surface area contributed by atoms with Crippen molar-refractivity contribution < 1.29 is 33.6 Å². The molecule has 6 aliphatic rings. The zero-order valence-electron chi connectivity index (χ0n) is 22.4. The summed E-state index contributed by atoms with van der Waals surface area (Å²) in [5.41, 5.74) is 1.28. The van der Waals surface area contributed by atoms with E-state index in [1.807, 2.05) is 0 Å². The maximum absolute atomic E-state index is 13.5. The van der Waals surface area contributed by atoms with Gasteiger partial charge in [0, 0.05) is 19.0 Å². The molecule has 11 heteroatoms. The SMILES string of the molecule is COc1cc([N+](=O)[O-])ccc1N1C[C@H](C(=O)Oc2ccc(N3C(=O)[C@@H]4[C@H]5C=C[C@@H]([C@@H]6C[C@@H]56)[C@H]4C3=O)c(C)c2)CC1=O. The third-order valence-electron chi connectivity index (χ3n) is 9.41. The molecule has 0 N–H and O–H groups in total. The van der Waals surface area contributed by atoms with E-state index in [1.54, 1.807) is 25.1 Å². The number of nitro benzene ring substituents is 1. The molecular formula is C30H27N3O8. The Bertz CT molecular complexity index is 1550. The second-order valence-corrected chi connectivity index (χ2v) is 11.6. The molecule has 11 nitrogen and oxygen atoms in total. The van der Waals surface area contributed by atoms with Gasteiger partial charge in [0.2, 0.25) is 17.7 Å². The highest BCUT2D eigenvalue weighted by atomic mass is 16.6. The Balaban J connectivity index is 1.06. The minimum atomic E-state index is -0.762. The zero-order valence-corrected chi connectivity index (χ0v) is 22.4. The number of nitro groups is 1. The maximum Gasteiger partial charge on any atom is 0.316 e. The Morgan fingerprint density at radius 3 is 2.24 bits per heavy atom. The number of rotatable bonds is 6. The van der Waals surface area contributed by atoms with Crippen LogP contribution in [0.5, 0.6) is 11.5 Å². The predicted octanol–water partition coefficient (Wildman–Crippen LogP) is 3.43. The lowest BCUT2D eigenvalue weighted by Gasteiger charge is -2.37. The number of methoxy groups -OCH3 is 1. The summed E-state index contributed by atoms with van der Waals surface area (Å²) in [6, 6.07) is 8.74. The van der Waals surface area contributed by atoms with E-state index in [0.717, 1.165) is 6.42 Å². The van der Waals surface area contributed by atoms with Crippen LogP contribution < -0.4 is 19.3 Å². The number of anilines is 2. The van der Waals surface area contributed by atoms with Crippen LogP contribution in [0.25, 0.3) is 0 Å². The van der Waals surface area contributed by atoms with Crippen LogP contribution in [0.1, 0.15) is 18.4 Å². The molecule has 3 amide bonds. The van der Waals surface area contributed by atoms with E-state index in [1.165, 1.54) is 35.1 Å². The molecule has 2 heterocycles. The number of hydrogen-bond acceptors (Lipinski definition) is 8. The Hall–Kier alpha value is -4.54. The number of hydrogen-bond donors (Lipinski definition) is 0. The molecule has 4 aliphatic carbocycles. The number of allylic oxidation sites excluding steroid dienone is 2. The van der Waals surface area contributed by atoms with Crippen molar-refractivity contribution in [3.05, 3.63) is 64.2 Å². The second-order valence-electron chi connectivity index (χ2n) is 11.6. The molecule has 7 atom stereocenters. The molecular weight excluding hydrogens is 530 g/mol. The average Bonchev–Trinajstić information content (AvgIpc) is 3.64. The number of benzene rings is 2. The van der Waals surface area contributed by atoms with Crippen LogP contribution in [-0.2, 0) is 19.2 Å². The molecule has 0 radical (unpaired) electrons. The number of imide groups is 1. The number of esters is 1. The number of non-ortho nitro benzene ring substituents is 1. The average molecular weight is 558 g/mol. The Morgan fingerprint density at radius 1 is 0.976 bits per heavy atom. The van der Waals surface area contributed by atoms with Crippen LogP contribution >= 0.6 is 0 Å². The maximum atomic E-state index is 13.5. The predicted molar refractivity (Wildman–Crippen MR) is 144 cm³/mol. The monoisotopic (exact) mass is 557 g/mol. The largest absolute Gasteiger partial charge is 0.494 e. The smallest absolute Gasteiger partial charge is 0.316 e. The van der Waals surface area contributed by atoms with Gasteiger partial charge >= 0.3 is 5.97 Å². The fourth-order valence-electron chi connectivity index (χ4n) is 7.44. The molecule has 41 heavy (non-hydrogen) atoms. The normalized spacial score (nSPS) is 30.9. The van der Waals surface area contributed by atoms with Crippen molar-refractivity contribution in [1.29, 1.82) is 0 Å². The molecule has 210 valence electrons. The molecule has 0 unspecified atom stereocenters. The number of carbonyl (C=O) groups is 4. The Kier molecular flexibility index (Phi) is 5.57. The summed E-state index contributed by atoms with van der Waals surface area (Å²) < 4.78 is 10.9. The van der Waals surface area contributed by atoms with Gasteiger partial charge in [0.15, 0.2) is 0 Å². The summed E-state index contributed by atoms with van der Waals surface area (Å²) in [6.07, 6.45) is 5.28. The zero-order chi connectivity index (χ0) is 28.7. The summed E-state index contributed by atoms with van der Waals surface area (Å²) in [4.78, 5) is 66.0. The van der Waals surface area contributed by atoms with E-state index in [4.69, 9.17) is 9.47 Å². The van der Waals surface area contributed by atoms with Crippen LogP contribution in [0.4, 0.5) is 17.1 Å². The number of amides is 3. The van der Waals surface area contributed by atoms with Crippen LogP contribution in [0, 0.1) is 58.5 Å². The fourth-order valence-corrected chi connectivity index (χ4v) is 7.44. The van der Waals surface area contributed by atoms with Crippen LogP contribution in [0.3, 0.4) is 0 Å². The van der Waals surface area contributed by atoms with Crippen LogP contribution in [0.2, 0.25) is 0 Å². The molecule has 2 saturated carbocycles.